The molecule has 4 nitrogen and oxygen atoms in total. The van der Waals surface area contributed by atoms with E-state index in [0.717, 1.165) is 77.2 Å². The lowest BCUT2D eigenvalue weighted by Crippen LogP contribution is -2.00. The van der Waals surface area contributed by atoms with Crippen LogP contribution < -0.4 is 0 Å². The first-order valence-electron chi connectivity index (χ1n) is 21.5. The van der Waals surface area contributed by atoms with Gasteiger partial charge in [-0.3, -0.25) is 0 Å². The van der Waals surface area contributed by atoms with E-state index in [4.69, 9.17) is 19.4 Å². The van der Waals surface area contributed by atoms with Gasteiger partial charge in [0.25, 0.3) is 0 Å². The largest absolute Gasteiger partial charge is 0.456 e. The molecule has 0 saturated carbocycles. The van der Waals surface area contributed by atoms with Crippen molar-refractivity contribution >= 4 is 75.0 Å². The number of fused-ring (bicyclic) bond motifs is 8. The van der Waals surface area contributed by atoms with Gasteiger partial charge in [-0.1, -0.05) is 164 Å². The highest BCUT2D eigenvalue weighted by atomic mass is 32.1. The molecule has 0 saturated heterocycles. The van der Waals surface area contributed by atoms with Gasteiger partial charge in [0.2, 0.25) is 0 Å². The third-order valence-corrected chi connectivity index (χ3v) is 13.6. The fourth-order valence-electron chi connectivity index (χ4n) is 9.25. The molecule has 3 aromatic heterocycles. The molecular weight excluding hydrogens is 799 g/mol. The highest BCUT2D eigenvalue weighted by Gasteiger charge is 2.17. The van der Waals surface area contributed by atoms with Gasteiger partial charge in [-0.25, -0.2) is 15.0 Å². The second kappa shape index (κ2) is 14.7. The van der Waals surface area contributed by atoms with Crippen LogP contribution in [0.5, 0.6) is 0 Å². The third-order valence-electron chi connectivity index (χ3n) is 12.5. The van der Waals surface area contributed by atoms with Gasteiger partial charge in [0.05, 0.1) is 0 Å². The molecule has 13 rings (SSSR count). The lowest BCUT2D eigenvalue weighted by atomic mass is 9.95. The highest BCUT2D eigenvalue weighted by molar-refractivity contribution is 7.25. The number of rotatable bonds is 6. The normalized spacial score (nSPS) is 11.8. The Morgan fingerprint density at radius 2 is 0.844 bits per heavy atom. The Labute approximate surface area is 372 Å². The smallest absolute Gasteiger partial charge is 0.164 e. The van der Waals surface area contributed by atoms with Gasteiger partial charge < -0.3 is 4.42 Å². The maximum Gasteiger partial charge on any atom is 0.164 e. The predicted octanol–water partition coefficient (Wildman–Crippen LogP) is 16.4. The van der Waals surface area contributed by atoms with Crippen LogP contribution in [0.25, 0.3) is 131 Å². The van der Waals surface area contributed by atoms with E-state index in [1.165, 1.54) is 36.5 Å². The zero-order chi connectivity index (χ0) is 42.1. The number of furan rings is 1. The molecule has 0 atom stereocenters. The van der Waals surface area contributed by atoms with Crippen molar-refractivity contribution in [2.75, 3.05) is 0 Å². The average Bonchev–Trinajstić information content (AvgIpc) is 3.92. The van der Waals surface area contributed by atoms with Crippen molar-refractivity contribution in [1.29, 1.82) is 0 Å². The fourth-order valence-corrected chi connectivity index (χ4v) is 10.4. The molecule has 0 radical (unpaired) electrons. The molecule has 0 aliphatic rings. The van der Waals surface area contributed by atoms with E-state index in [2.05, 4.69) is 206 Å². The predicted molar refractivity (Wildman–Crippen MR) is 268 cm³/mol. The minimum absolute atomic E-state index is 0.620. The number of thiophene rings is 1. The zero-order valence-electron chi connectivity index (χ0n) is 34.4. The molecule has 5 heteroatoms. The van der Waals surface area contributed by atoms with Crippen LogP contribution in [-0.2, 0) is 0 Å². The second-order valence-corrected chi connectivity index (χ2v) is 17.5. The lowest BCUT2D eigenvalue weighted by Gasteiger charge is -2.12. The van der Waals surface area contributed by atoms with Crippen molar-refractivity contribution in [2.45, 2.75) is 0 Å². The van der Waals surface area contributed by atoms with E-state index in [0.29, 0.717) is 17.5 Å². The van der Waals surface area contributed by atoms with Crippen LogP contribution >= 0.6 is 11.3 Å². The van der Waals surface area contributed by atoms with Gasteiger partial charge in [-0.2, -0.15) is 0 Å². The van der Waals surface area contributed by atoms with E-state index in [1.807, 2.05) is 17.4 Å². The molecule has 0 aliphatic heterocycles. The molecule has 0 spiro atoms. The summed E-state index contributed by atoms with van der Waals surface area (Å²) < 4.78 is 8.92. The van der Waals surface area contributed by atoms with Crippen molar-refractivity contribution in [3.05, 3.63) is 212 Å². The van der Waals surface area contributed by atoms with Gasteiger partial charge in [-0.15, -0.1) is 11.3 Å². The van der Waals surface area contributed by atoms with Gasteiger partial charge in [0.15, 0.2) is 17.5 Å². The quantitative estimate of drug-likeness (QED) is 0.167. The van der Waals surface area contributed by atoms with Crippen molar-refractivity contribution < 1.29 is 4.42 Å². The molecule has 3 heterocycles. The minimum Gasteiger partial charge on any atom is -0.456 e. The van der Waals surface area contributed by atoms with Gasteiger partial charge >= 0.3 is 0 Å². The Kier molecular flexibility index (Phi) is 8.36. The summed E-state index contributed by atoms with van der Waals surface area (Å²) in [4.78, 5) is 15.5. The first-order valence-corrected chi connectivity index (χ1v) is 22.3. The zero-order valence-corrected chi connectivity index (χ0v) is 35.2. The summed E-state index contributed by atoms with van der Waals surface area (Å²) in [5.74, 6) is 1.87. The highest BCUT2D eigenvalue weighted by Crippen LogP contribution is 2.39. The molecule has 0 N–H and O–H groups in total. The summed E-state index contributed by atoms with van der Waals surface area (Å²) >= 11 is 1.83. The van der Waals surface area contributed by atoms with Gasteiger partial charge in [-0.05, 0) is 103 Å². The van der Waals surface area contributed by atoms with Crippen molar-refractivity contribution in [3.8, 4) is 67.5 Å². The topological polar surface area (TPSA) is 51.8 Å². The van der Waals surface area contributed by atoms with E-state index in [-0.39, 0.29) is 0 Å². The summed E-state index contributed by atoms with van der Waals surface area (Å²) in [5, 5.41) is 9.45. The SMILES string of the molecule is c1ccc(-c2ccc(-c3nc(-c4cccc(-c5ccc6c(c5)sc5ccccc56)c4)nc(-c4ccc5c(-c6ccc7oc8cc9ccccc9cc8c7c6)cccc5c4)n3)cc2)cc1. The summed E-state index contributed by atoms with van der Waals surface area (Å²) in [6.07, 6.45) is 0. The number of nitrogens with zero attached hydrogens (tertiary/aromatic N) is 3. The average molecular weight is 834 g/mol. The molecular formula is C59H35N3OS. The first kappa shape index (κ1) is 36.4. The van der Waals surface area contributed by atoms with Crippen LogP contribution in [0.1, 0.15) is 0 Å². The Hall–Kier alpha value is -8.25. The lowest BCUT2D eigenvalue weighted by molar-refractivity contribution is 0.669. The molecule has 298 valence electrons. The first-order chi connectivity index (χ1) is 31.6. The monoisotopic (exact) mass is 833 g/mol. The number of hydrogen-bond donors (Lipinski definition) is 0. The van der Waals surface area contributed by atoms with E-state index in [9.17, 15) is 0 Å². The maximum atomic E-state index is 6.35. The Morgan fingerprint density at radius 1 is 0.281 bits per heavy atom. The van der Waals surface area contributed by atoms with Gasteiger partial charge in [0, 0.05) is 47.6 Å². The Balaban J connectivity index is 0.914. The molecule has 64 heavy (non-hydrogen) atoms. The summed E-state index contributed by atoms with van der Waals surface area (Å²) in [6, 6.07) is 75.3. The minimum atomic E-state index is 0.620. The van der Waals surface area contributed by atoms with Gasteiger partial charge in [0.1, 0.15) is 11.2 Å². The molecule has 13 aromatic rings. The molecule has 0 fully saturated rings. The molecule has 0 aliphatic carbocycles. The fraction of sp³-hybridized carbons (Fsp3) is 0. The van der Waals surface area contributed by atoms with Crippen molar-refractivity contribution in [3.63, 3.8) is 0 Å². The van der Waals surface area contributed by atoms with Crippen LogP contribution in [0.4, 0.5) is 0 Å². The number of benzene rings is 10. The van der Waals surface area contributed by atoms with Crippen LogP contribution in [-0.4, -0.2) is 15.0 Å². The van der Waals surface area contributed by atoms with E-state index >= 15 is 0 Å². The Morgan fingerprint density at radius 3 is 1.70 bits per heavy atom. The molecule has 0 unspecified atom stereocenters. The molecule has 0 bridgehead atoms. The number of aromatic nitrogens is 3. The molecule has 10 aromatic carbocycles. The van der Waals surface area contributed by atoms with Crippen molar-refractivity contribution in [1.82, 2.24) is 15.0 Å². The van der Waals surface area contributed by atoms with Crippen LogP contribution in [0.3, 0.4) is 0 Å². The van der Waals surface area contributed by atoms with Crippen LogP contribution in [0.2, 0.25) is 0 Å². The van der Waals surface area contributed by atoms with Crippen LogP contribution in [0.15, 0.2) is 217 Å². The second-order valence-electron chi connectivity index (χ2n) is 16.4. The summed E-state index contributed by atoms with van der Waals surface area (Å²) in [5.41, 5.74) is 11.4. The third kappa shape index (κ3) is 6.25. The maximum absolute atomic E-state index is 6.35. The Bertz CT molecular complexity index is 3960. The number of hydrogen-bond acceptors (Lipinski definition) is 5. The standard InChI is InChI=1S/C59H35N3OS/c1-2-10-36(11-3-1)37-20-22-38(23-21-37)57-60-58(45-16-8-14-39(30-45)42-24-28-50-49-17-6-7-19-55(49)64-56(50)35-42)62-59(61-57)46-25-27-48-43(31-46)15-9-18-47(48)44-26-29-53-51(33-44)52-32-40-12-4-5-13-41(40)34-54(52)63-53/h1-35H. The van der Waals surface area contributed by atoms with Crippen LogP contribution in [0, 0.1) is 0 Å². The van der Waals surface area contributed by atoms with E-state index < -0.39 is 0 Å². The summed E-state index contributed by atoms with van der Waals surface area (Å²) in [6.45, 7) is 0. The molecule has 0 amide bonds. The summed E-state index contributed by atoms with van der Waals surface area (Å²) in [7, 11) is 0. The van der Waals surface area contributed by atoms with E-state index in [1.54, 1.807) is 0 Å². The van der Waals surface area contributed by atoms with Crippen molar-refractivity contribution in [2.24, 2.45) is 0 Å².